The Bertz CT molecular complexity index is 1500. The maximum absolute atomic E-state index is 13.5. The fourth-order valence-corrected chi connectivity index (χ4v) is 5.92. The van der Waals surface area contributed by atoms with Crippen LogP contribution in [-0.2, 0) is 31.4 Å². The van der Waals surface area contributed by atoms with Gasteiger partial charge in [0.1, 0.15) is 0 Å². The minimum Gasteiger partial charge on any atom is -0.325 e. The average Bonchev–Trinajstić information content (AvgIpc) is 2.82. The van der Waals surface area contributed by atoms with Crippen molar-refractivity contribution in [1.29, 1.82) is 0 Å². The molecule has 0 saturated heterocycles. The highest BCUT2D eigenvalue weighted by Gasteiger charge is 2.27. The number of aryl methyl sites for hydroxylation is 1. The van der Waals surface area contributed by atoms with Crippen LogP contribution in [0.15, 0.2) is 74.9 Å². The maximum Gasteiger partial charge on any atom is 0.243 e. The summed E-state index contributed by atoms with van der Waals surface area (Å²) in [6.07, 6.45) is 0. The number of nitrogens with zero attached hydrogens (tertiary/aromatic N) is 1. The molecule has 36 heavy (non-hydrogen) atoms. The van der Waals surface area contributed by atoms with Crippen LogP contribution >= 0.6 is 39.1 Å². The molecule has 0 atom stereocenters. The van der Waals surface area contributed by atoms with Crippen LogP contribution in [0, 0.1) is 6.92 Å². The lowest BCUT2D eigenvalue weighted by atomic mass is 10.2. The van der Waals surface area contributed by atoms with Crippen LogP contribution in [0.5, 0.6) is 0 Å². The van der Waals surface area contributed by atoms with Gasteiger partial charge in [0.25, 0.3) is 0 Å². The second kappa shape index (κ2) is 11.6. The molecule has 13 heteroatoms. The second-order valence-corrected chi connectivity index (χ2v) is 13.3. The summed E-state index contributed by atoms with van der Waals surface area (Å²) in [4.78, 5) is 13.0. The molecule has 1 amide bonds. The van der Waals surface area contributed by atoms with E-state index in [2.05, 4.69) is 26.0 Å². The van der Waals surface area contributed by atoms with Gasteiger partial charge in [0.2, 0.25) is 26.0 Å². The first-order valence-corrected chi connectivity index (χ1v) is 14.8. The smallest absolute Gasteiger partial charge is 0.243 e. The van der Waals surface area contributed by atoms with Gasteiger partial charge in [-0.2, -0.15) is 4.31 Å². The van der Waals surface area contributed by atoms with Crippen LogP contribution in [0.1, 0.15) is 11.1 Å². The molecule has 0 spiro atoms. The normalized spacial score (nSPS) is 12.1. The van der Waals surface area contributed by atoms with Crippen molar-refractivity contribution in [2.75, 3.05) is 18.9 Å². The number of carbonyl (C=O) groups is 1. The molecule has 0 heterocycles. The second-order valence-electron chi connectivity index (χ2n) is 7.71. The molecule has 0 saturated carbocycles. The number of nitrogens with one attached hydrogen (secondary N) is 2. The number of hydrogen-bond acceptors (Lipinski definition) is 5. The van der Waals surface area contributed by atoms with Crippen molar-refractivity contribution in [3.8, 4) is 0 Å². The first-order valence-electron chi connectivity index (χ1n) is 10.4. The van der Waals surface area contributed by atoms with Crippen LogP contribution in [0.4, 0.5) is 5.69 Å². The third kappa shape index (κ3) is 6.86. The molecule has 8 nitrogen and oxygen atoms in total. The van der Waals surface area contributed by atoms with E-state index in [1.165, 1.54) is 37.4 Å². The lowest BCUT2D eigenvalue weighted by Gasteiger charge is -2.22. The van der Waals surface area contributed by atoms with Crippen LogP contribution in [0.2, 0.25) is 10.0 Å². The third-order valence-corrected chi connectivity index (χ3v) is 9.66. The summed E-state index contributed by atoms with van der Waals surface area (Å²) in [5, 5.41) is 3.18. The minimum absolute atomic E-state index is 0.00291. The van der Waals surface area contributed by atoms with Crippen LogP contribution in [0.3, 0.4) is 0 Å². The largest absolute Gasteiger partial charge is 0.325 e. The zero-order chi connectivity index (χ0) is 26.7. The molecule has 0 aliphatic heterocycles. The van der Waals surface area contributed by atoms with Gasteiger partial charge >= 0.3 is 0 Å². The third-order valence-electron chi connectivity index (χ3n) is 5.18. The number of carbonyl (C=O) groups excluding carboxylic acids is 1. The van der Waals surface area contributed by atoms with Crippen LogP contribution < -0.4 is 10.0 Å². The Morgan fingerprint density at radius 2 is 1.56 bits per heavy atom. The summed E-state index contributed by atoms with van der Waals surface area (Å²) in [5.74, 6) is -0.655. The predicted molar refractivity (Wildman–Crippen MR) is 144 cm³/mol. The summed E-state index contributed by atoms with van der Waals surface area (Å²) >= 11 is 15.4. The van der Waals surface area contributed by atoms with Gasteiger partial charge in [-0.15, -0.1) is 0 Å². The van der Waals surface area contributed by atoms with Gasteiger partial charge in [0.05, 0.1) is 26.4 Å². The van der Waals surface area contributed by atoms with Crippen molar-refractivity contribution in [1.82, 2.24) is 9.03 Å². The Balaban J connectivity index is 1.94. The van der Waals surface area contributed by atoms with Gasteiger partial charge < -0.3 is 5.32 Å². The molecule has 0 unspecified atom stereocenters. The fourth-order valence-electron chi connectivity index (χ4n) is 3.19. The van der Waals surface area contributed by atoms with Crippen molar-refractivity contribution < 1.29 is 21.6 Å². The number of sulfonamides is 2. The zero-order valence-electron chi connectivity index (χ0n) is 19.1. The molecule has 2 N–H and O–H groups in total. The summed E-state index contributed by atoms with van der Waals surface area (Å²) < 4.78 is 55.2. The fraction of sp³-hybridized carbons (Fsp3) is 0.174. The highest BCUT2D eigenvalue weighted by atomic mass is 79.9. The molecule has 0 radical (unpaired) electrons. The van der Waals surface area contributed by atoms with Crippen LogP contribution in [-0.4, -0.2) is 40.6 Å². The Labute approximate surface area is 228 Å². The monoisotopic (exact) mass is 633 g/mol. The number of benzene rings is 3. The molecule has 3 aromatic rings. The average molecular weight is 635 g/mol. The SMILES string of the molecule is CNS(=O)(=O)c1ccc(C)c(NC(=O)CN(Cc2ccc(Cl)c(Cl)c2)S(=O)(=O)c2ccc(Br)cc2)c1. The van der Waals surface area contributed by atoms with Crippen molar-refractivity contribution in [3.63, 3.8) is 0 Å². The topological polar surface area (TPSA) is 113 Å². The van der Waals surface area contributed by atoms with E-state index < -0.39 is 32.5 Å². The summed E-state index contributed by atoms with van der Waals surface area (Å²) in [5.41, 5.74) is 1.37. The summed E-state index contributed by atoms with van der Waals surface area (Å²) in [6, 6.07) is 15.0. The molecular formula is C23H22BrCl2N3O5S2. The molecule has 0 aliphatic rings. The van der Waals surface area contributed by atoms with Gasteiger partial charge in [-0.3, -0.25) is 4.79 Å². The molecule has 0 bridgehead atoms. The lowest BCUT2D eigenvalue weighted by Crippen LogP contribution is -2.37. The zero-order valence-corrected chi connectivity index (χ0v) is 23.9. The Morgan fingerprint density at radius 1 is 0.917 bits per heavy atom. The summed E-state index contributed by atoms with van der Waals surface area (Å²) in [7, 11) is -6.57. The molecule has 3 rings (SSSR count). The van der Waals surface area contributed by atoms with Gasteiger partial charge in [-0.1, -0.05) is 51.3 Å². The van der Waals surface area contributed by atoms with E-state index in [0.29, 0.717) is 20.6 Å². The van der Waals surface area contributed by atoms with Crippen molar-refractivity contribution in [3.05, 3.63) is 86.3 Å². The first kappa shape index (κ1) is 28.6. The number of amides is 1. The molecule has 3 aromatic carbocycles. The van der Waals surface area contributed by atoms with E-state index in [1.54, 1.807) is 37.3 Å². The first-order chi connectivity index (χ1) is 16.8. The Morgan fingerprint density at radius 3 is 2.17 bits per heavy atom. The standard InChI is InChI=1S/C23H22BrCl2N3O5S2/c1-15-3-7-19(35(31,32)27-2)12-22(15)28-23(30)14-29(13-16-4-10-20(25)21(26)11-16)36(33,34)18-8-5-17(24)6-9-18/h3-12,27H,13-14H2,1-2H3,(H,28,30). The van der Waals surface area contributed by atoms with E-state index in [4.69, 9.17) is 23.2 Å². The van der Waals surface area contributed by atoms with E-state index in [1.807, 2.05) is 0 Å². The molecule has 0 aromatic heterocycles. The van der Waals surface area contributed by atoms with Crippen molar-refractivity contribution in [2.45, 2.75) is 23.3 Å². The number of anilines is 1. The lowest BCUT2D eigenvalue weighted by molar-refractivity contribution is -0.116. The molecule has 192 valence electrons. The van der Waals surface area contributed by atoms with Gasteiger partial charge in [-0.25, -0.2) is 21.6 Å². The maximum atomic E-state index is 13.5. The summed E-state index contributed by atoms with van der Waals surface area (Å²) in [6.45, 7) is 0.994. The van der Waals surface area contributed by atoms with E-state index in [9.17, 15) is 21.6 Å². The molecule has 0 fully saturated rings. The number of halogens is 3. The Hall–Kier alpha value is -1.99. The molecule has 0 aliphatic carbocycles. The van der Waals surface area contributed by atoms with Gasteiger partial charge in [0, 0.05) is 16.7 Å². The number of hydrogen-bond donors (Lipinski definition) is 2. The highest BCUT2D eigenvalue weighted by molar-refractivity contribution is 9.10. The van der Waals surface area contributed by atoms with Crippen molar-refractivity contribution >= 4 is 70.8 Å². The van der Waals surface area contributed by atoms with Crippen molar-refractivity contribution in [2.24, 2.45) is 0 Å². The molecular weight excluding hydrogens is 613 g/mol. The number of rotatable bonds is 9. The van der Waals surface area contributed by atoms with E-state index in [-0.39, 0.29) is 27.0 Å². The minimum atomic E-state index is -4.10. The van der Waals surface area contributed by atoms with Gasteiger partial charge in [0.15, 0.2) is 0 Å². The van der Waals surface area contributed by atoms with Gasteiger partial charge in [-0.05, 0) is 73.6 Å². The highest BCUT2D eigenvalue weighted by Crippen LogP contribution is 2.26. The quantitative estimate of drug-likeness (QED) is 0.351. The van der Waals surface area contributed by atoms with Crippen LogP contribution in [0.25, 0.3) is 0 Å². The van der Waals surface area contributed by atoms with E-state index in [0.717, 1.165) is 4.31 Å². The Kier molecular flexibility index (Phi) is 9.20. The predicted octanol–water partition coefficient (Wildman–Crippen LogP) is 4.80. The van der Waals surface area contributed by atoms with E-state index >= 15 is 0 Å².